The van der Waals surface area contributed by atoms with Crippen molar-refractivity contribution in [1.82, 2.24) is 0 Å². The Morgan fingerprint density at radius 3 is 2.86 bits per heavy atom. The molecule has 0 amide bonds. The predicted octanol–water partition coefficient (Wildman–Crippen LogP) is 1.62. The average Bonchev–Trinajstić information content (AvgIpc) is 2.16. The fourth-order valence-corrected chi connectivity index (χ4v) is 1.07. The third kappa shape index (κ3) is 2.58. The zero-order valence-corrected chi connectivity index (χ0v) is 7.90. The van der Waals surface area contributed by atoms with Crippen LogP contribution in [0.1, 0.15) is 0 Å². The van der Waals surface area contributed by atoms with Crippen molar-refractivity contribution in [2.24, 2.45) is 0 Å². The zero-order valence-electron chi connectivity index (χ0n) is 7.14. The number of halogens is 1. The summed E-state index contributed by atoms with van der Waals surface area (Å²) in [6, 6.07) is 4.11. The number of aliphatic hydroxyl groups excluding tert-OH is 1. The van der Waals surface area contributed by atoms with Gasteiger partial charge in [-0.3, -0.25) is 10.1 Å². The number of nitrogens with zero attached hydrogens (tertiary/aromatic N) is 1. The van der Waals surface area contributed by atoms with Crippen molar-refractivity contribution >= 4 is 17.3 Å². The Morgan fingerprint density at radius 1 is 1.57 bits per heavy atom. The van der Waals surface area contributed by atoms with Gasteiger partial charge < -0.3 is 9.84 Å². The molecule has 5 nitrogen and oxygen atoms in total. The van der Waals surface area contributed by atoms with Crippen molar-refractivity contribution in [3.8, 4) is 5.75 Å². The van der Waals surface area contributed by atoms with Gasteiger partial charge in [0.1, 0.15) is 17.4 Å². The maximum atomic E-state index is 10.5. The molecule has 0 unspecified atom stereocenters. The Hall–Kier alpha value is -1.33. The zero-order chi connectivity index (χ0) is 10.6. The Kier molecular flexibility index (Phi) is 3.67. The van der Waals surface area contributed by atoms with E-state index in [1.54, 1.807) is 0 Å². The molecule has 1 aromatic rings. The second kappa shape index (κ2) is 4.78. The molecule has 1 aromatic carbocycles. The smallest absolute Gasteiger partial charge is 0.291 e. The van der Waals surface area contributed by atoms with E-state index in [1.807, 2.05) is 0 Å². The molecule has 14 heavy (non-hydrogen) atoms. The quantitative estimate of drug-likeness (QED) is 0.614. The molecule has 0 fully saturated rings. The second-order valence-corrected chi connectivity index (χ2v) is 2.85. The fourth-order valence-electron chi connectivity index (χ4n) is 0.886. The van der Waals surface area contributed by atoms with E-state index in [9.17, 15) is 10.1 Å². The van der Waals surface area contributed by atoms with E-state index in [2.05, 4.69) is 0 Å². The van der Waals surface area contributed by atoms with Crippen molar-refractivity contribution in [3.63, 3.8) is 0 Å². The lowest BCUT2D eigenvalue weighted by atomic mass is 10.3. The van der Waals surface area contributed by atoms with Crippen LogP contribution in [-0.4, -0.2) is 23.2 Å². The molecular weight excluding hydrogens is 210 g/mol. The largest absolute Gasteiger partial charge is 0.491 e. The molecule has 0 aliphatic rings. The summed E-state index contributed by atoms with van der Waals surface area (Å²) in [6.07, 6.45) is 0. The lowest BCUT2D eigenvalue weighted by molar-refractivity contribution is -0.384. The Balaban J connectivity index is 2.89. The molecular formula is C8H8ClNO4. The van der Waals surface area contributed by atoms with E-state index >= 15 is 0 Å². The van der Waals surface area contributed by atoms with Gasteiger partial charge in [0.2, 0.25) is 0 Å². The lowest BCUT2D eigenvalue weighted by Crippen LogP contribution is -2.01. The van der Waals surface area contributed by atoms with Crippen LogP contribution in [0.5, 0.6) is 5.75 Å². The van der Waals surface area contributed by atoms with Gasteiger partial charge in [-0.25, -0.2) is 0 Å². The first-order valence-corrected chi connectivity index (χ1v) is 4.20. The highest BCUT2D eigenvalue weighted by molar-refractivity contribution is 6.32. The number of hydrogen-bond donors (Lipinski definition) is 1. The van der Waals surface area contributed by atoms with Gasteiger partial charge in [0, 0.05) is 0 Å². The number of aliphatic hydroxyl groups is 1. The summed E-state index contributed by atoms with van der Waals surface area (Å²) in [4.78, 5) is 9.87. The average molecular weight is 218 g/mol. The number of benzene rings is 1. The normalized spacial score (nSPS) is 9.86. The van der Waals surface area contributed by atoms with Crippen LogP contribution < -0.4 is 4.74 Å². The first-order chi connectivity index (χ1) is 6.65. The summed E-state index contributed by atoms with van der Waals surface area (Å²) in [5, 5.41) is 19.0. The predicted molar refractivity (Wildman–Crippen MR) is 50.7 cm³/mol. The molecule has 0 aromatic heterocycles. The minimum absolute atomic E-state index is 0.0614. The van der Waals surface area contributed by atoms with E-state index in [1.165, 1.54) is 18.2 Å². The van der Waals surface area contributed by atoms with Crippen molar-refractivity contribution in [3.05, 3.63) is 33.3 Å². The summed E-state index contributed by atoms with van der Waals surface area (Å²) >= 11 is 5.58. The number of nitro groups is 1. The first-order valence-electron chi connectivity index (χ1n) is 3.82. The van der Waals surface area contributed by atoms with Gasteiger partial charge in [-0.15, -0.1) is 0 Å². The molecule has 0 aliphatic heterocycles. The number of nitro benzene ring substituents is 1. The molecule has 0 heterocycles. The molecule has 0 atom stereocenters. The highest BCUT2D eigenvalue weighted by atomic mass is 35.5. The minimum Gasteiger partial charge on any atom is -0.491 e. The molecule has 0 bridgehead atoms. The topological polar surface area (TPSA) is 72.6 Å². The van der Waals surface area contributed by atoms with Gasteiger partial charge >= 0.3 is 0 Å². The minimum atomic E-state index is -0.589. The van der Waals surface area contributed by atoms with Crippen molar-refractivity contribution in [1.29, 1.82) is 0 Å². The third-order valence-corrected chi connectivity index (χ3v) is 1.79. The number of rotatable bonds is 4. The number of hydrogen-bond acceptors (Lipinski definition) is 4. The van der Waals surface area contributed by atoms with Crippen LogP contribution in [0.3, 0.4) is 0 Å². The van der Waals surface area contributed by atoms with Gasteiger partial charge in [-0.2, -0.15) is 0 Å². The third-order valence-electron chi connectivity index (χ3n) is 1.47. The van der Waals surface area contributed by atoms with Gasteiger partial charge in [0.25, 0.3) is 5.69 Å². The first kappa shape index (κ1) is 10.7. The molecule has 0 saturated heterocycles. The van der Waals surface area contributed by atoms with E-state index < -0.39 is 4.92 Å². The maximum absolute atomic E-state index is 10.5. The van der Waals surface area contributed by atoms with Crippen LogP contribution in [0.15, 0.2) is 18.2 Å². The second-order valence-electron chi connectivity index (χ2n) is 2.44. The highest BCUT2D eigenvalue weighted by Crippen LogP contribution is 2.28. The molecule has 1 N–H and O–H groups in total. The van der Waals surface area contributed by atoms with Crippen LogP contribution in [0.2, 0.25) is 5.02 Å². The van der Waals surface area contributed by atoms with Gasteiger partial charge in [0.15, 0.2) is 0 Å². The molecule has 0 spiro atoms. The van der Waals surface area contributed by atoms with Crippen LogP contribution >= 0.6 is 11.6 Å². The van der Waals surface area contributed by atoms with Crippen molar-refractivity contribution < 1.29 is 14.8 Å². The Bertz CT molecular complexity index is 342. The van der Waals surface area contributed by atoms with Crippen LogP contribution in [-0.2, 0) is 0 Å². The van der Waals surface area contributed by atoms with Crippen molar-refractivity contribution in [2.45, 2.75) is 0 Å². The molecule has 0 radical (unpaired) electrons. The van der Waals surface area contributed by atoms with E-state index in [0.29, 0.717) is 5.75 Å². The summed E-state index contributed by atoms with van der Waals surface area (Å²) in [5.74, 6) is 0.315. The van der Waals surface area contributed by atoms with E-state index in [0.717, 1.165) is 0 Å². The number of ether oxygens (including phenoxy) is 1. The summed E-state index contributed by atoms with van der Waals surface area (Å²) < 4.78 is 4.99. The van der Waals surface area contributed by atoms with Crippen LogP contribution in [0.25, 0.3) is 0 Å². The molecule has 76 valence electrons. The molecule has 0 aliphatic carbocycles. The van der Waals surface area contributed by atoms with Crippen LogP contribution in [0, 0.1) is 10.1 Å². The maximum Gasteiger partial charge on any atom is 0.291 e. The SMILES string of the molecule is O=[N+]([O-])c1cc(OCCO)ccc1Cl. The van der Waals surface area contributed by atoms with E-state index in [-0.39, 0.29) is 23.9 Å². The molecule has 0 saturated carbocycles. The molecule has 6 heteroatoms. The monoisotopic (exact) mass is 217 g/mol. The highest BCUT2D eigenvalue weighted by Gasteiger charge is 2.12. The summed E-state index contributed by atoms with van der Waals surface area (Å²) in [5.41, 5.74) is -0.206. The van der Waals surface area contributed by atoms with Gasteiger partial charge in [0.05, 0.1) is 17.6 Å². The fraction of sp³-hybridized carbons (Fsp3) is 0.250. The lowest BCUT2D eigenvalue weighted by Gasteiger charge is -2.03. The Morgan fingerprint density at radius 2 is 2.29 bits per heavy atom. The van der Waals surface area contributed by atoms with E-state index in [4.69, 9.17) is 21.4 Å². The summed E-state index contributed by atoms with van der Waals surface area (Å²) in [7, 11) is 0. The van der Waals surface area contributed by atoms with Gasteiger partial charge in [-0.05, 0) is 12.1 Å². The standard InChI is InChI=1S/C8H8ClNO4/c9-7-2-1-6(14-4-3-11)5-8(7)10(12)13/h1-2,5,11H,3-4H2. The summed E-state index contributed by atoms with van der Waals surface area (Å²) in [6.45, 7) is -0.0464. The Labute approximate surface area is 85.0 Å². The molecule has 1 rings (SSSR count). The van der Waals surface area contributed by atoms with Crippen LogP contribution in [0.4, 0.5) is 5.69 Å². The van der Waals surface area contributed by atoms with Gasteiger partial charge in [-0.1, -0.05) is 11.6 Å². The van der Waals surface area contributed by atoms with Crippen molar-refractivity contribution in [2.75, 3.05) is 13.2 Å².